The molecule has 0 saturated heterocycles. The third-order valence-corrected chi connectivity index (χ3v) is 5.06. The van der Waals surface area contributed by atoms with Crippen LogP contribution in [0.2, 0.25) is 0 Å². The van der Waals surface area contributed by atoms with Crippen molar-refractivity contribution in [3.8, 4) is 6.07 Å². The molecule has 104 valence electrons. The predicted molar refractivity (Wildman–Crippen MR) is 76.0 cm³/mol. The number of rotatable bonds is 5. The highest BCUT2D eigenvalue weighted by Gasteiger charge is 2.16. The zero-order valence-corrected chi connectivity index (χ0v) is 13.1. The maximum atomic E-state index is 11.7. The van der Waals surface area contributed by atoms with Crippen LogP contribution in [-0.4, -0.2) is 34.6 Å². The Kier molecular flexibility index (Phi) is 4.95. The van der Waals surface area contributed by atoms with Crippen molar-refractivity contribution < 1.29 is 16.8 Å². The van der Waals surface area contributed by atoms with Gasteiger partial charge in [-0.15, -0.1) is 0 Å². The molecule has 1 rings (SSSR count). The van der Waals surface area contributed by atoms with Gasteiger partial charge in [0.05, 0.1) is 22.8 Å². The molecule has 1 aromatic carbocycles. The smallest absolute Gasteiger partial charge is 0.233 e. The van der Waals surface area contributed by atoms with Crippen LogP contribution in [0.1, 0.15) is 5.56 Å². The van der Waals surface area contributed by atoms with Gasteiger partial charge in [-0.1, -0.05) is 15.9 Å². The first-order valence-corrected chi connectivity index (χ1v) is 9.51. The molecule has 0 atom stereocenters. The minimum absolute atomic E-state index is 0.124. The van der Waals surface area contributed by atoms with Crippen molar-refractivity contribution in [2.45, 2.75) is 0 Å². The van der Waals surface area contributed by atoms with Crippen LogP contribution in [0.25, 0.3) is 0 Å². The van der Waals surface area contributed by atoms with Crippen molar-refractivity contribution in [3.05, 3.63) is 28.2 Å². The Balaban J connectivity index is 2.94. The highest BCUT2D eigenvalue weighted by Crippen LogP contribution is 2.21. The Hall–Kier alpha value is -1.11. The number of benzene rings is 1. The predicted octanol–water partition coefficient (Wildman–Crippen LogP) is 1.11. The molecule has 0 radical (unpaired) electrons. The quantitative estimate of drug-likeness (QED) is 0.840. The lowest BCUT2D eigenvalue weighted by molar-refractivity contribution is 0.593. The number of nitrogens with one attached hydrogen (secondary N) is 1. The molecule has 0 bridgehead atoms. The van der Waals surface area contributed by atoms with Crippen LogP contribution < -0.4 is 4.72 Å². The van der Waals surface area contributed by atoms with E-state index in [0.29, 0.717) is 4.47 Å². The Bertz CT molecular complexity index is 720. The molecule has 0 aliphatic carbocycles. The Morgan fingerprint density at radius 3 is 2.42 bits per heavy atom. The summed E-state index contributed by atoms with van der Waals surface area (Å²) in [6.07, 6.45) is 0.961. The minimum atomic E-state index is -3.81. The van der Waals surface area contributed by atoms with Crippen LogP contribution in [-0.2, 0) is 19.9 Å². The van der Waals surface area contributed by atoms with Crippen molar-refractivity contribution in [2.24, 2.45) is 0 Å². The van der Waals surface area contributed by atoms with Gasteiger partial charge in [-0.2, -0.15) is 5.26 Å². The molecule has 1 aromatic rings. The molecular formula is C10H11BrN2O4S2. The first-order valence-electron chi connectivity index (χ1n) is 5.01. The average molecular weight is 367 g/mol. The maximum Gasteiger partial charge on any atom is 0.233 e. The molecule has 0 heterocycles. The van der Waals surface area contributed by atoms with E-state index in [1.54, 1.807) is 6.07 Å². The topological polar surface area (TPSA) is 104 Å². The first-order chi connectivity index (χ1) is 8.63. The highest BCUT2D eigenvalue weighted by atomic mass is 79.9. The second kappa shape index (κ2) is 5.90. The van der Waals surface area contributed by atoms with E-state index in [1.165, 1.54) is 12.1 Å². The van der Waals surface area contributed by atoms with Crippen molar-refractivity contribution in [1.29, 1.82) is 5.26 Å². The summed E-state index contributed by atoms with van der Waals surface area (Å²) in [4.78, 5) is 0. The largest absolute Gasteiger partial charge is 0.282 e. The third-order valence-electron chi connectivity index (χ3n) is 2.09. The van der Waals surface area contributed by atoms with Gasteiger partial charge in [0, 0.05) is 10.7 Å². The number of sulfone groups is 1. The summed E-state index contributed by atoms with van der Waals surface area (Å²) in [5, 5.41) is 8.90. The van der Waals surface area contributed by atoms with Gasteiger partial charge in [0.2, 0.25) is 10.0 Å². The Morgan fingerprint density at radius 2 is 1.89 bits per heavy atom. The van der Waals surface area contributed by atoms with Gasteiger partial charge < -0.3 is 0 Å². The van der Waals surface area contributed by atoms with E-state index < -0.39 is 31.4 Å². The van der Waals surface area contributed by atoms with Crippen molar-refractivity contribution in [3.63, 3.8) is 0 Å². The number of halogens is 1. The molecule has 19 heavy (non-hydrogen) atoms. The van der Waals surface area contributed by atoms with Gasteiger partial charge >= 0.3 is 0 Å². The lowest BCUT2D eigenvalue weighted by Crippen LogP contribution is -2.22. The van der Waals surface area contributed by atoms with Gasteiger partial charge in [-0.3, -0.25) is 4.72 Å². The molecule has 6 nitrogen and oxygen atoms in total. The summed E-state index contributed by atoms with van der Waals surface area (Å²) in [5.41, 5.74) is 0.275. The van der Waals surface area contributed by atoms with Gasteiger partial charge in [-0.25, -0.2) is 16.8 Å². The summed E-state index contributed by atoms with van der Waals surface area (Å²) < 4.78 is 48.1. The average Bonchev–Trinajstić information content (AvgIpc) is 2.28. The highest BCUT2D eigenvalue weighted by molar-refractivity contribution is 9.10. The monoisotopic (exact) mass is 366 g/mol. The first kappa shape index (κ1) is 15.9. The number of nitriles is 1. The van der Waals surface area contributed by atoms with Crippen molar-refractivity contribution >= 4 is 41.5 Å². The van der Waals surface area contributed by atoms with Crippen LogP contribution >= 0.6 is 15.9 Å². The Labute approximate surface area is 120 Å². The second-order valence-electron chi connectivity index (χ2n) is 3.85. The molecular weight excluding hydrogens is 356 g/mol. The molecule has 0 aliphatic heterocycles. The fourth-order valence-electron chi connectivity index (χ4n) is 1.18. The molecule has 0 fully saturated rings. The zero-order valence-electron chi connectivity index (χ0n) is 9.92. The van der Waals surface area contributed by atoms with Crippen LogP contribution in [0.4, 0.5) is 5.69 Å². The van der Waals surface area contributed by atoms with E-state index in [-0.39, 0.29) is 11.3 Å². The molecule has 0 unspecified atom stereocenters. The van der Waals surface area contributed by atoms with Gasteiger partial charge in [0.1, 0.15) is 15.9 Å². The van der Waals surface area contributed by atoms with Gasteiger partial charge in [0.25, 0.3) is 0 Å². The minimum Gasteiger partial charge on any atom is -0.282 e. The van der Waals surface area contributed by atoms with Crippen LogP contribution in [0.5, 0.6) is 0 Å². The molecule has 0 aliphatic rings. The van der Waals surface area contributed by atoms with E-state index in [0.717, 1.165) is 6.26 Å². The van der Waals surface area contributed by atoms with E-state index in [9.17, 15) is 16.8 Å². The SMILES string of the molecule is CS(=O)(=O)CCS(=O)(=O)Nc1ccc(Br)cc1C#N. The summed E-state index contributed by atoms with van der Waals surface area (Å²) >= 11 is 3.17. The lowest BCUT2D eigenvalue weighted by atomic mass is 10.2. The van der Waals surface area contributed by atoms with Crippen molar-refractivity contribution in [1.82, 2.24) is 0 Å². The number of sulfonamides is 1. The maximum absolute atomic E-state index is 11.7. The van der Waals surface area contributed by atoms with Crippen LogP contribution in [0.15, 0.2) is 22.7 Å². The molecule has 0 spiro atoms. The zero-order chi connectivity index (χ0) is 14.7. The summed E-state index contributed by atoms with van der Waals surface area (Å²) in [5.74, 6) is -1.02. The summed E-state index contributed by atoms with van der Waals surface area (Å²) in [7, 11) is -7.17. The molecule has 9 heteroatoms. The molecule has 1 N–H and O–H groups in total. The van der Waals surface area contributed by atoms with Gasteiger partial charge in [0.15, 0.2) is 0 Å². The normalized spacial score (nSPS) is 11.8. The van der Waals surface area contributed by atoms with Crippen LogP contribution in [0.3, 0.4) is 0 Å². The fraction of sp³-hybridized carbons (Fsp3) is 0.300. The third kappa shape index (κ3) is 5.59. The number of hydrogen-bond donors (Lipinski definition) is 1. The van der Waals surface area contributed by atoms with E-state index in [4.69, 9.17) is 5.26 Å². The summed E-state index contributed by atoms with van der Waals surface area (Å²) in [6.45, 7) is 0. The van der Waals surface area contributed by atoms with Gasteiger partial charge in [-0.05, 0) is 18.2 Å². The summed E-state index contributed by atoms with van der Waals surface area (Å²) in [6, 6.07) is 6.33. The standard InChI is InChI=1S/C10H11BrN2O4S2/c1-18(14,15)4-5-19(16,17)13-10-3-2-9(11)6-8(10)7-12/h2-3,6,13H,4-5H2,1H3. The molecule has 0 aromatic heterocycles. The fourth-order valence-corrected chi connectivity index (χ4v) is 4.24. The second-order valence-corrected chi connectivity index (χ2v) is 8.87. The number of anilines is 1. The van der Waals surface area contributed by atoms with E-state index >= 15 is 0 Å². The van der Waals surface area contributed by atoms with E-state index in [2.05, 4.69) is 20.7 Å². The van der Waals surface area contributed by atoms with Crippen LogP contribution in [0, 0.1) is 11.3 Å². The number of nitrogens with zero attached hydrogens (tertiary/aromatic N) is 1. The molecule has 0 amide bonds. The van der Waals surface area contributed by atoms with E-state index in [1.807, 2.05) is 6.07 Å². The Morgan fingerprint density at radius 1 is 1.26 bits per heavy atom. The molecule has 0 saturated carbocycles. The number of hydrogen-bond acceptors (Lipinski definition) is 5. The lowest BCUT2D eigenvalue weighted by Gasteiger charge is -2.09. The van der Waals surface area contributed by atoms with Crippen molar-refractivity contribution in [2.75, 3.05) is 22.5 Å².